The average molecular weight is 433 g/mol. The maximum atomic E-state index is 12.8. The molecule has 158 valence electrons. The van der Waals surface area contributed by atoms with Crippen LogP contribution in [0.25, 0.3) is 10.6 Å². The lowest BCUT2D eigenvalue weighted by Gasteiger charge is -2.08. The Morgan fingerprint density at radius 3 is 2.47 bits per heavy atom. The van der Waals surface area contributed by atoms with E-state index in [2.05, 4.69) is 11.9 Å². The van der Waals surface area contributed by atoms with Gasteiger partial charge in [0.15, 0.2) is 0 Å². The lowest BCUT2D eigenvalue weighted by Crippen LogP contribution is -2.03. The number of carbonyl (C=O) groups is 1. The summed E-state index contributed by atoms with van der Waals surface area (Å²) in [6.45, 7) is 4.26. The summed E-state index contributed by atoms with van der Waals surface area (Å²) in [6, 6.07) is 10.4. The second-order valence-corrected chi connectivity index (χ2v) is 8.08. The molecular formula is C23H22F3NO2S. The zero-order valence-electron chi connectivity index (χ0n) is 16.8. The van der Waals surface area contributed by atoms with Gasteiger partial charge in [-0.2, -0.15) is 13.2 Å². The molecule has 0 bridgehead atoms. The van der Waals surface area contributed by atoms with Gasteiger partial charge < -0.3 is 4.74 Å². The summed E-state index contributed by atoms with van der Waals surface area (Å²) in [6.07, 6.45) is -0.780. The first kappa shape index (κ1) is 22.0. The van der Waals surface area contributed by atoms with Crippen LogP contribution in [0.1, 0.15) is 51.8 Å². The summed E-state index contributed by atoms with van der Waals surface area (Å²) in [5.41, 5.74) is 2.35. The number of hydrogen-bond acceptors (Lipinski definition) is 4. The van der Waals surface area contributed by atoms with Gasteiger partial charge in [0, 0.05) is 11.1 Å². The Morgan fingerprint density at radius 2 is 1.87 bits per heavy atom. The van der Waals surface area contributed by atoms with Crippen molar-refractivity contribution in [3.05, 3.63) is 69.7 Å². The van der Waals surface area contributed by atoms with Crippen molar-refractivity contribution < 1.29 is 22.7 Å². The zero-order chi connectivity index (χ0) is 21.7. The molecule has 0 fully saturated rings. The van der Waals surface area contributed by atoms with Crippen LogP contribution in [0.3, 0.4) is 0 Å². The van der Waals surface area contributed by atoms with Crippen LogP contribution >= 0.6 is 11.3 Å². The molecule has 3 aromatic rings. The molecule has 30 heavy (non-hydrogen) atoms. The van der Waals surface area contributed by atoms with Gasteiger partial charge in [-0.3, -0.25) is 4.79 Å². The minimum Gasteiger partial charge on any atom is -0.488 e. The summed E-state index contributed by atoms with van der Waals surface area (Å²) < 4.78 is 44.4. The van der Waals surface area contributed by atoms with E-state index in [4.69, 9.17) is 4.74 Å². The Labute approximate surface area is 177 Å². The molecule has 0 aliphatic heterocycles. The van der Waals surface area contributed by atoms with E-state index in [0.717, 1.165) is 53.8 Å². The van der Waals surface area contributed by atoms with Crippen LogP contribution in [0, 0.1) is 6.92 Å². The van der Waals surface area contributed by atoms with Gasteiger partial charge in [-0.15, -0.1) is 11.3 Å². The van der Waals surface area contributed by atoms with E-state index < -0.39 is 11.7 Å². The van der Waals surface area contributed by atoms with E-state index in [1.165, 1.54) is 23.5 Å². The number of thiazole rings is 1. The fourth-order valence-electron chi connectivity index (χ4n) is 2.98. The monoisotopic (exact) mass is 433 g/mol. The minimum atomic E-state index is -4.36. The van der Waals surface area contributed by atoms with Crippen LogP contribution < -0.4 is 4.74 Å². The number of unbranched alkanes of at least 4 members (excludes halogenated alkanes) is 1. The quantitative estimate of drug-likeness (QED) is 0.364. The highest BCUT2D eigenvalue weighted by Gasteiger charge is 2.30. The summed E-state index contributed by atoms with van der Waals surface area (Å²) in [5, 5.41) is 0.681. The Balaban J connectivity index is 1.82. The summed E-state index contributed by atoms with van der Waals surface area (Å²) in [4.78, 5) is 16.6. The molecule has 0 radical (unpaired) electrons. The number of halogens is 3. The van der Waals surface area contributed by atoms with Gasteiger partial charge in [0.1, 0.15) is 23.7 Å². The molecule has 0 spiro atoms. The number of benzene rings is 2. The first-order valence-electron chi connectivity index (χ1n) is 9.66. The van der Waals surface area contributed by atoms with E-state index in [0.29, 0.717) is 28.5 Å². The van der Waals surface area contributed by atoms with Crippen molar-refractivity contribution in [2.45, 2.75) is 45.9 Å². The molecule has 1 heterocycles. The maximum Gasteiger partial charge on any atom is 0.416 e. The topological polar surface area (TPSA) is 39.2 Å². The molecule has 0 saturated carbocycles. The van der Waals surface area contributed by atoms with E-state index in [1.54, 1.807) is 12.1 Å². The predicted molar refractivity (Wildman–Crippen MR) is 112 cm³/mol. The van der Waals surface area contributed by atoms with Crippen LogP contribution in [0.5, 0.6) is 5.75 Å². The average Bonchev–Trinajstić information content (AvgIpc) is 3.13. The second-order valence-electron chi connectivity index (χ2n) is 6.99. The first-order valence-corrected chi connectivity index (χ1v) is 10.5. The molecule has 0 amide bonds. The van der Waals surface area contributed by atoms with Crippen molar-refractivity contribution in [3.8, 4) is 16.3 Å². The lowest BCUT2D eigenvalue weighted by molar-refractivity contribution is -0.137. The Bertz CT molecular complexity index is 1010. The highest BCUT2D eigenvalue weighted by molar-refractivity contribution is 7.15. The fourth-order valence-corrected chi connectivity index (χ4v) is 4.01. The van der Waals surface area contributed by atoms with Gasteiger partial charge in [0.2, 0.25) is 0 Å². The summed E-state index contributed by atoms with van der Waals surface area (Å²) >= 11 is 1.43. The lowest BCUT2D eigenvalue weighted by atomic mass is 10.1. The molecule has 0 aliphatic rings. The second kappa shape index (κ2) is 9.43. The Morgan fingerprint density at radius 1 is 1.13 bits per heavy atom. The number of aldehydes is 1. The number of alkyl halides is 3. The number of nitrogens with zero attached hydrogens (tertiary/aromatic N) is 1. The van der Waals surface area contributed by atoms with E-state index >= 15 is 0 Å². The van der Waals surface area contributed by atoms with Gasteiger partial charge in [-0.25, -0.2) is 4.98 Å². The predicted octanol–water partition coefficient (Wildman–Crippen LogP) is 6.87. The highest BCUT2D eigenvalue weighted by atomic mass is 32.1. The van der Waals surface area contributed by atoms with Crippen LogP contribution in [-0.4, -0.2) is 11.3 Å². The Kier molecular flexibility index (Phi) is 6.92. The summed E-state index contributed by atoms with van der Waals surface area (Å²) in [7, 11) is 0. The van der Waals surface area contributed by atoms with Gasteiger partial charge in [0.25, 0.3) is 0 Å². The van der Waals surface area contributed by atoms with Crippen LogP contribution in [0.15, 0.2) is 42.5 Å². The minimum absolute atomic E-state index is 0.317. The third-order valence-corrected chi connectivity index (χ3v) is 5.86. The maximum absolute atomic E-state index is 12.8. The fraction of sp³-hybridized carbons (Fsp3) is 0.304. The van der Waals surface area contributed by atoms with E-state index in [1.807, 2.05) is 13.0 Å². The first-order chi connectivity index (χ1) is 14.3. The molecule has 7 heteroatoms. The standard InChI is InChI=1S/C23H22F3NO2S/c1-3-4-5-20-21(14-29-19-11-8-17(13-28)15(2)12-19)30-22(27-20)16-6-9-18(10-7-16)23(24,25)26/h6-13H,3-5,14H2,1-2H3. The molecule has 0 saturated heterocycles. The molecule has 3 rings (SSSR count). The zero-order valence-corrected chi connectivity index (χ0v) is 17.6. The number of ether oxygens (including phenoxy) is 1. The van der Waals surface area contributed by atoms with Gasteiger partial charge in [-0.05, 0) is 55.7 Å². The van der Waals surface area contributed by atoms with Crippen molar-refractivity contribution >= 4 is 17.6 Å². The number of rotatable bonds is 8. The van der Waals surface area contributed by atoms with Crippen LogP contribution in [-0.2, 0) is 19.2 Å². The van der Waals surface area contributed by atoms with Crippen LogP contribution in [0.4, 0.5) is 13.2 Å². The van der Waals surface area contributed by atoms with E-state index in [-0.39, 0.29) is 0 Å². The third-order valence-electron chi connectivity index (χ3n) is 4.74. The molecule has 2 aromatic carbocycles. The molecule has 0 aliphatic carbocycles. The number of aryl methyl sites for hydroxylation is 2. The number of hydrogen-bond donors (Lipinski definition) is 0. The van der Waals surface area contributed by atoms with Crippen molar-refractivity contribution in [2.75, 3.05) is 0 Å². The smallest absolute Gasteiger partial charge is 0.416 e. The molecule has 3 nitrogen and oxygen atoms in total. The molecule has 1 aromatic heterocycles. The number of carbonyl (C=O) groups excluding carboxylic acids is 1. The van der Waals surface area contributed by atoms with Gasteiger partial charge >= 0.3 is 6.18 Å². The van der Waals surface area contributed by atoms with Gasteiger partial charge in [0.05, 0.1) is 16.1 Å². The van der Waals surface area contributed by atoms with E-state index in [9.17, 15) is 18.0 Å². The molecule has 0 unspecified atom stereocenters. The molecular weight excluding hydrogens is 411 g/mol. The van der Waals surface area contributed by atoms with Crippen molar-refractivity contribution in [1.29, 1.82) is 0 Å². The SMILES string of the molecule is CCCCc1nc(-c2ccc(C(F)(F)F)cc2)sc1COc1ccc(C=O)c(C)c1. The highest BCUT2D eigenvalue weighted by Crippen LogP contribution is 2.34. The molecule has 0 atom stereocenters. The molecule has 0 N–H and O–H groups in total. The van der Waals surface area contributed by atoms with Crippen molar-refractivity contribution in [3.63, 3.8) is 0 Å². The summed E-state index contributed by atoms with van der Waals surface area (Å²) in [5.74, 6) is 0.657. The van der Waals surface area contributed by atoms with Crippen LogP contribution in [0.2, 0.25) is 0 Å². The largest absolute Gasteiger partial charge is 0.488 e. The van der Waals surface area contributed by atoms with Gasteiger partial charge in [-0.1, -0.05) is 25.5 Å². The Hall–Kier alpha value is -2.67. The van der Waals surface area contributed by atoms with Crippen molar-refractivity contribution in [2.24, 2.45) is 0 Å². The van der Waals surface area contributed by atoms with Crippen molar-refractivity contribution in [1.82, 2.24) is 4.98 Å². The number of aromatic nitrogens is 1. The third kappa shape index (κ3) is 5.27. The normalized spacial score (nSPS) is 11.5.